The Morgan fingerprint density at radius 2 is 1.95 bits per heavy atom. The van der Waals surface area contributed by atoms with Crippen LogP contribution in [0.25, 0.3) is 0 Å². The normalized spacial score (nSPS) is 14.3. The molecule has 0 spiro atoms. The Kier molecular flexibility index (Phi) is 6.17. The maximum absolute atomic E-state index is 10.7. The second kappa shape index (κ2) is 7.26. The average Bonchev–Trinajstić information content (AvgIpc) is 3.01. The molecular formula is C13H14F3NO3S2. The molecule has 1 saturated carbocycles. The van der Waals surface area contributed by atoms with Crippen LogP contribution >= 0.6 is 11.3 Å². The van der Waals surface area contributed by atoms with Gasteiger partial charge in [0, 0.05) is 11.8 Å². The summed E-state index contributed by atoms with van der Waals surface area (Å²) >= 11 is 1.75. The molecule has 0 bridgehead atoms. The number of nitrogens with zero attached hydrogens (tertiary/aromatic N) is 1. The van der Waals surface area contributed by atoms with Gasteiger partial charge in [0.2, 0.25) is 0 Å². The summed E-state index contributed by atoms with van der Waals surface area (Å²) in [6, 6.07) is 4.20. The highest BCUT2D eigenvalue weighted by molar-refractivity contribution is 7.86. The fraction of sp³-hybridized carbons (Fsp3) is 0.462. The molecular weight excluding hydrogens is 339 g/mol. The quantitative estimate of drug-likeness (QED) is 0.256. The third-order valence-corrected chi connectivity index (χ3v) is 3.90. The minimum Gasteiger partial charge on any atom is -0.741 e. The van der Waals surface area contributed by atoms with Gasteiger partial charge in [-0.25, -0.2) is 13.0 Å². The zero-order valence-electron chi connectivity index (χ0n) is 11.8. The summed E-state index contributed by atoms with van der Waals surface area (Å²) in [6.45, 7) is 0. The highest BCUT2D eigenvalue weighted by atomic mass is 32.2. The fourth-order valence-electron chi connectivity index (χ4n) is 1.21. The van der Waals surface area contributed by atoms with Gasteiger partial charge in [-0.2, -0.15) is 13.2 Å². The molecule has 22 heavy (non-hydrogen) atoms. The van der Waals surface area contributed by atoms with Crippen molar-refractivity contribution in [2.75, 3.05) is 14.1 Å². The molecule has 1 fully saturated rings. The van der Waals surface area contributed by atoms with Crippen molar-refractivity contribution in [3.63, 3.8) is 0 Å². The van der Waals surface area contributed by atoms with Crippen molar-refractivity contribution in [1.82, 2.24) is 0 Å². The first-order valence-corrected chi connectivity index (χ1v) is 8.43. The molecule has 1 aliphatic carbocycles. The predicted octanol–water partition coefficient (Wildman–Crippen LogP) is 2.27. The number of hydrogen-bond acceptors (Lipinski definition) is 4. The number of rotatable bonds is 1. The number of alkyl halides is 3. The first-order valence-electron chi connectivity index (χ1n) is 6.14. The molecule has 1 aromatic heterocycles. The van der Waals surface area contributed by atoms with Gasteiger partial charge in [0.15, 0.2) is 10.1 Å². The highest BCUT2D eigenvalue weighted by Crippen LogP contribution is 2.27. The smallest absolute Gasteiger partial charge is 0.485 e. The molecule has 0 saturated heterocycles. The van der Waals surface area contributed by atoms with Gasteiger partial charge in [-0.3, -0.25) is 0 Å². The van der Waals surface area contributed by atoms with E-state index in [2.05, 4.69) is 48.0 Å². The van der Waals surface area contributed by atoms with E-state index < -0.39 is 15.6 Å². The Morgan fingerprint density at radius 3 is 2.27 bits per heavy atom. The average molecular weight is 353 g/mol. The molecule has 1 heterocycles. The molecule has 0 N–H and O–H groups in total. The zero-order chi connectivity index (χ0) is 17.0. The first-order chi connectivity index (χ1) is 10.0. The third-order valence-electron chi connectivity index (χ3n) is 2.46. The molecule has 1 aliphatic rings. The summed E-state index contributed by atoms with van der Waals surface area (Å²) < 4.78 is 61.0. The van der Waals surface area contributed by atoms with E-state index in [1.165, 1.54) is 17.7 Å². The van der Waals surface area contributed by atoms with Crippen molar-refractivity contribution in [2.45, 2.75) is 18.3 Å². The van der Waals surface area contributed by atoms with Crippen molar-refractivity contribution in [3.05, 3.63) is 22.4 Å². The summed E-state index contributed by atoms with van der Waals surface area (Å²) in [5.74, 6) is 7.26. The lowest BCUT2D eigenvalue weighted by Crippen LogP contribution is -2.21. The zero-order valence-corrected chi connectivity index (χ0v) is 13.5. The summed E-state index contributed by atoms with van der Waals surface area (Å²) in [5, 5.41) is 2.09. The van der Waals surface area contributed by atoms with Crippen LogP contribution in [-0.4, -0.2) is 42.9 Å². The molecule has 0 atom stereocenters. The third kappa shape index (κ3) is 6.17. The Labute approximate surface area is 131 Å². The molecule has 0 amide bonds. The Hall–Kier alpha value is -1.37. The SMILES string of the molecule is C[N+](C)=C(C#CC1CC1)c1cccs1.O=S(=O)([O-])C(F)(F)F. The first kappa shape index (κ1) is 18.7. The van der Waals surface area contributed by atoms with Crippen LogP contribution in [0.5, 0.6) is 0 Å². The van der Waals surface area contributed by atoms with Gasteiger partial charge in [0.1, 0.15) is 19.0 Å². The van der Waals surface area contributed by atoms with Gasteiger partial charge in [-0.15, -0.1) is 11.3 Å². The molecule has 4 nitrogen and oxygen atoms in total. The van der Waals surface area contributed by atoms with Crippen LogP contribution < -0.4 is 0 Å². The number of thiophene rings is 1. The van der Waals surface area contributed by atoms with Crippen LogP contribution in [0, 0.1) is 17.8 Å². The summed E-state index contributed by atoms with van der Waals surface area (Å²) in [4.78, 5) is 1.27. The lowest BCUT2D eigenvalue weighted by atomic mass is 10.3. The van der Waals surface area contributed by atoms with E-state index >= 15 is 0 Å². The van der Waals surface area contributed by atoms with Gasteiger partial charge in [0.05, 0.1) is 0 Å². The lowest BCUT2D eigenvalue weighted by Gasteiger charge is -2.08. The maximum Gasteiger partial charge on any atom is 0.485 e. The number of halogens is 3. The predicted molar refractivity (Wildman–Crippen MR) is 76.8 cm³/mol. The van der Waals surface area contributed by atoms with Crippen LogP contribution in [0.1, 0.15) is 17.7 Å². The van der Waals surface area contributed by atoms with E-state index in [1.54, 1.807) is 11.3 Å². The second-order valence-corrected chi connectivity index (χ2v) is 6.98. The largest absolute Gasteiger partial charge is 0.741 e. The van der Waals surface area contributed by atoms with Crippen molar-refractivity contribution >= 4 is 27.2 Å². The van der Waals surface area contributed by atoms with Crippen LogP contribution in [0.4, 0.5) is 13.2 Å². The van der Waals surface area contributed by atoms with E-state index in [4.69, 9.17) is 13.0 Å². The molecule has 2 rings (SSSR count). The molecule has 0 unspecified atom stereocenters. The van der Waals surface area contributed by atoms with Gasteiger partial charge in [-0.1, -0.05) is 12.0 Å². The van der Waals surface area contributed by atoms with E-state index in [0.29, 0.717) is 5.92 Å². The topological polar surface area (TPSA) is 60.2 Å². The van der Waals surface area contributed by atoms with Crippen LogP contribution in [-0.2, 0) is 10.1 Å². The van der Waals surface area contributed by atoms with E-state index in [9.17, 15) is 13.2 Å². The molecule has 9 heteroatoms. The van der Waals surface area contributed by atoms with Crippen LogP contribution in [0.3, 0.4) is 0 Å². The van der Waals surface area contributed by atoms with Crippen LogP contribution in [0.15, 0.2) is 17.5 Å². The van der Waals surface area contributed by atoms with E-state index in [0.717, 1.165) is 5.71 Å². The Bertz CT molecular complexity index is 687. The second-order valence-electron chi connectivity index (χ2n) is 4.66. The van der Waals surface area contributed by atoms with Gasteiger partial charge in [-0.05, 0) is 24.3 Å². The standard InChI is InChI=1S/C12H14NS.CHF3O3S/c1-13(2)11(8-7-10-5-6-10)12-4-3-9-14-12;2-1(3,4)8(5,6)7/h3-4,9-10H,5-6H2,1-2H3;(H,5,6,7)/q+1;/p-1. The molecule has 0 aromatic carbocycles. The molecule has 1 aromatic rings. The minimum absolute atomic E-state index is 0.671. The van der Waals surface area contributed by atoms with E-state index in [1.807, 2.05) is 0 Å². The molecule has 0 aliphatic heterocycles. The fourth-order valence-corrected chi connectivity index (χ4v) is 2.01. The van der Waals surface area contributed by atoms with Gasteiger partial charge in [0.25, 0.3) is 5.71 Å². The summed E-state index contributed by atoms with van der Waals surface area (Å²) in [6.07, 6.45) is 2.58. The highest BCUT2D eigenvalue weighted by Gasteiger charge is 2.36. The van der Waals surface area contributed by atoms with E-state index in [-0.39, 0.29) is 0 Å². The molecule has 0 radical (unpaired) electrons. The summed E-state index contributed by atoms with van der Waals surface area (Å²) in [5.41, 5.74) is -4.50. The Morgan fingerprint density at radius 1 is 1.41 bits per heavy atom. The van der Waals surface area contributed by atoms with Crippen molar-refractivity contribution in [2.24, 2.45) is 5.92 Å². The number of hydrogen-bond donors (Lipinski definition) is 0. The van der Waals surface area contributed by atoms with Crippen molar-refractivity contribution in [1.29, 1.82) is 0 Å². The lowest BCUT2D eigenvalue weighted by molar-refractivity contribution is -0.462. The minimum atomic E-state index is -6.09. The van der Waals surface area contributed by atoms with Gasteiger partial charge >= 0.3 is 5.51 Å². The van der Waals surface area contributed by atoms with Crippen molar-refractivity contribution in [3.8, 4) is 11.8 Å². The van der Waals surface area contributed by atoms with Crippen molar-refractivity contribution < 1.29 is 30.7 Å². The Balaban J connectivity index is 0.000000261. The maximum atomic E-state index is 10.7. The molecule has 122 valence electrons. The monoisotopic (exact) mass is 353 g/mol. The van der Waals surface area contributed by atoms with Gasteiger partial charge < -0.3 is 4.55 Å². The van der Waals surface area contributed by atoms with Crippen LogP contribution in [0.2, 0.25) is 0 Å². The summed E-state index contributed by atoms with van der Waals surface area (Å²) in [7, 11) is -1.99.